The van der Waals surface area contributed by atoms with E-state index in [1.54, 1.807) is 0 Å². The Bertz CT molecular complexity index is 764. The quantitative estimate of drug-likeness (QED) is 0.0451. The van der Waals surface area contributed by atoms with Gasteiger partial charge in [0.2, 0.25) is 0 Å². The number of nitrogens with zero attached hydrogens (tertiary/aromatic N) is 1. The Morgan fingerprint density at radius 1 is 0.500 bits per heavy atom. The number of hydroxylamine groups is 2. The molecule has 0 heterocycles. The molecule has 0 aromatic carbocycles. The SMILES string of the molecule is CCCCCCCCCCC(OCCOCCOCCOCCOCCOCCOCCOCCOCCO)N(OC(C)(C)C)C(=O)OC(C)(C)C. The van der Waals surface area contributed by atoms with Crippen LogP contribution in [0, 0.1) is 0 Å². The van der Waals surface area contributed by atoms with Gasteiger partial charge in [0.05, 0.1) is 125 Å². The van der Waals surface area contributed by atoms with Gasteiger partial charge >= 0.3 is 6.09 Å². The monoisotopic (exact) mass is 756 g/mol. The molecule has 1 N–H and O–H groups in total. The van der Waals surface area contributed by atoms with Crippen LogP contribution in [0.4, 0.5) is 4.79 Å². The number of carbonyl (C=O) groups excluding carboxylic acids is 1. The Hall–Kier alpha value is -1.17. The highest BCUT2D eigenvalue weighted by molar-refractivity contribution is 5.67. The summed E-state index contributed by atoms with van der Waals surface area (Å²) in [6.45, 7) is 21.1. The number of aliphatic hydroxyl groups is 1. The minimum absolute atomic E-state index is 0.0196. The second kappa shape index (κ2) is 35.5. The van der Waals surface area contributed by atoms with E-state index >= 15 is 0 Å². The van der Waals surface area contributed by atoms with Gasteiger partial charge in [-0.2, -0.15) is 5.06 Å². The van der Waals surface area contributed by atoms with Crippen LogP contribution in [0.5, 0.6) is 0 Å². The third-order valence-corrected chi connectivity index (χ3v) is 6.89. The van der Waals surface area contributed by atoms with E-state index in [9.17, 15) is 4.79 Å². The first-order valence-corrected chi connectivity index (χ1v) is 19.6. The number of amides is 1. The third kappa shape index (κ3) is 37.2. The number of ether oxygens (including phenoxy) is 10. The molecule has 14 heteroatoms. The van der Waals surface area contributed by atoms with E-state index in [1.807, 2.05) is 41.5 Å². The predicted octanol–water partition coefficient (Wildman–Crippen LogP) is 5.95. The summed E-state index contributed by atoms with van der Waals surface area (Å²) >= 11 is 0. The van der Waals surface area contributed by atoms with Gasteiger partial charge < -0.3 is 52.5 Å². The zero-order valence-corrected chi connectivity index (χ0v) is 34.0. The fraction of sp³-hybridized carbons (Fsp3) is 0.974. The number of hydrogen-bond acceptors (Lipinski definition) is 13. The first-order chi connectivity index (χ1) is 25.0. The van der Waals surface area contributed by atoms with E-state index in [2.05, 4.69) is 6.92 Å². The van der Waals surface area contributed by atoms with Crippen LogP contribution in [-0.2, 0) is 52.2 Å². The van der Waals surface area contributed by atoms with Crippen molar-refractivity contribution < 1.29 is 62.1 Å². The predicted molar refractivity (Wildman–Crippen MR) is 200 cm³/mol. The van der Waals surface area contributed by atoms with Crippen LogP contribution in [0.25, 0.3) is 0 Å². The molecule has 0 bridgehead atoms. The Kier molecular flexibility index (Phi) is 34.7. The van der Waals surface area contributed by atoms with Crippen LogP contribution in [0.2, 0.25) is 0 Å². The second-order valence-electron chi connectivity index (χ2n) is 14.2. The summed E-state index contributed by atoms with van der Waals surface area (Å²) in [7, 11) is 0. The van der Waals surface area contributed by atoms with Gasteiger partial charge in [0.25, 0.3) is 0 Å². The maximum Gasteiger partial charge on any atom is 0.437 e. The van der Waals surface area contributed by atoms with Crippen LogP contribution in [0.15, 0.2) is 0 Å². The molecule has 0 radical (unpaired) electrons. The van der Waals surface area contributed by atoms with Crippen molar-refractivity contribution in [2.45, 2.75) is 124 Å². The summed E-state index contributed by atoms with van der Waals surface area (Å²) in [5.74, 6) is 0. The molecule has 0 saturated carbocycles. The van der Waals surface area contributed by atoms with Crippen molar-refractivity contribution in [2.75, 3.05) is 119 Å². The van der Waals surface area contributed by atoms with Crippen LogP contribution in [0.3, 0.4) is 0 Å². The lowest BCUT2D eigenvalue weighted by Crippen LogP contribution is -2.48. The van der Waals surface area contributed by atoms with Crippen molar-refractivity contribution in [1.29, 1.82) is 0 Å². The Labute approximate surface area is 315 Å². The zero-order valence-electron chi connectivity index (χ0n) is 34.0. The van der Waals surface area contributed by atoms with Gasteiger partial charge in [-0.15, -0.1) is 0 Å². The fourth-order valence-corrected chi connectivity index (χ4v) is 4.49. The molecule has 1 atom stereocenters. The van der Waals surface area contributed by atoms with Gasteiger partial charge in [0.1, 0.15) is 5.60 Å². The second-order valence-corrected chi connectivity index (χ2v) is 14.2. The average Bonchev–Trinajstić information content (AvgIpc) is 3.08. The average molecular weight is 756 g/mol. The maximum absolute atomic E-state index is 13.2. The fourth-order valence-electron chi connectivity index (χ4n) is 4.49. The molecule has 0 aromatic rings. The Morgan fingerprint density at radius 2 is 0.846 bits per heavy atom. The van der Waals surface area contributed by atoms with Gasteiger partial charge in [-0.1, -0.05) is 51.9 Å². The Balaban J connectivity index is 4.04. The van der Waals surface area contributed by atoms with Crippen molar-refractivity contribution in [3.05, 3.63) is 0 Å². The largest absolute Gasteiger partial charge is 0.442 e. The van der Waals surface area contributed by atoms with E-state index in [0.717, 1.165) is 12.8 Å². The lowest BCUT2D eigenvalue weighted by atomic mass is 10.1. The highest BCUT2D eigenvalue weighted by Crippen LogP contribution is 2.22. The van der Waals surface area contributed by atoms with E-state index in [4.69, 9.17) is 57.3 Å². The van der Waals surface area contributed by atoms with E-state index in [1.165, 1.54) is 43.6 Å². The minimum atomic E-state index is -0.662. The van der Waals surface area contributed by atoms with Gasteiger partial charge in [-0.3, -0.25) is 4.84 Å². The molecule has 14 nitrogen and oxygen atoms in total. The van der Waals surface area contributed by atoms with Gasteiger partial charge in [0.15, 0.2) is 6.23 Å². The van der Waals surface area contributed by atoms with Crippen molar-refractivity contribution in [3.8, 4) is 0 Å². The van der Waals surface area contributed by atoms with Gasteiger partial charge in [0, 0.05) is 0 Å². The molecule has 0 spiro atoms. The van der Waals surface area contributed by atoms with Gasteiger partial charge in [-0.25, -0.2) is 4.79 Å². The molecule has 0 saturated heterocycles. The first kappa shape index (κ1) is 50.8. The molecule has 0 aromatic heterocycles. The van der Waals surface area contributed by atoms with E-state index < -0.39 is 23.5 Å². The number of unbranched alkanes of at least 4 members (excludes halogenated alkanes) is 7. The molecule has 52 heavy (non-hydrogen) atoms. The highest BCUT2D eigenvalue weighted by Gasteiger charge is 2.33. The Morgan fingerprint density at radius 3 is 1.19 bits per heavy atom. The molecule has 0 aliphatic heterocycles. The molecular weight excluding hydrogens is 678 g/mol. The summed E-state index contributed by atoms with van der Waals surface area (Å²) in [5, 5.41) is 9.88. The number of aliphatic hydroxyl groups excluding tert-OH is 1. The zero-order chi connectivity index (χ0) is 38.6. The standard InChI is InChI=1S/C38H77NO13/c1-8-9-10-11-12-13-14-15-16-35(39(52-38(5,6)7)36(41)51-37(2,3)4)50-34-33-49-32-31-48-30-29-47-28-27-46-26-25-45-24-23-44-22-21-43-20-19-42-18-17-40/h35,40H,8-34H2,1-7H3. The molecule has 1 amide bonds. The van der Waals surface area contributed by atoms with Crippen LogP contribution in [0.1, 0.15) is 106 Å². The normalized spacial score (nSPS) is 12.8. The molecule has 0 rings (SSSR count). The molecular formula is C38H77NO13. The van der Waals surface area contributed by atoms with Crippen molar-refractivity contribution >= 4 is 6.09 Å². The lowest BCUT2D eigenvalue weighted by Gasteiger charge is -2.36. The summed E-state index contributed by atoms with van der Waals surface area (Å²) in [5.41, 5.74) is -1.27. The minimum Gasteiger partial charge on any atom is -0.442 e. The molecule has 0 fully saturated rings. The topological polar surface area (TPSA) is 142 Å². The van der Waals surface area contributed by atoms with Crippen LogP contribution in [-0.4, -0.2) is 153 Å². The summed E-state index contributed by atoms with van der Waals surface area (Å²) in [6.07, 6.45) is 9.00. The molecule has 312 valence electrons. The molecule has 0 aliphatic rings. The number of carbonyl (C=O) groups is 1. The number of rotatable bonds is 38. The van der Waals surface area contributed by atoms with Gasteiger partial charge in [-0.05, 0) is 54.4 Å². The summed E-state index contributed by atoms with van der Waals surface area (Å²) in [6, 6.07) is 0. The van der Waals surface area contributed by atoms with E-state index in [0.29, 0.717) is 119 Å². The van der Waals surface area contributed by atoms with Crippen LogP contribution >= 0.6 is 0 Å². The third-order valence-electron chi connectivity index (χ3n) is 6.89. The smallest absolute Gasteiger partial charge is 0.437 e. The van der Waals surface area contributed by atoms with Crippen LogP contribution < -0.4 is 0 Å². The van der Waals surface area contributed by atoms with Crippen molar-refractivity contribution in [2.24, 2.45) is 0 Å². The summed E-state index contributed by atoms with van der Waals surface area (Å²) in [4.78, 5) is 19.3. The first-order valence-electron chi connectivity index (χ1n) is 19.6. The molecule has 0 aliphatic carbocycles. The molecule has 1 unspecified atom stereocenters. The van der Waals surface area contributed by atoms with E-state index in [-0.39, 0.29) is 6.61 Å². The highest BCUT2D eigenvalue weighted by atomic mass is 16.8. The lowest BCUT2D eigenvalue weighted by molar-refractivity contribution is -0.279. The maximum atomic E-state index is 13.2. The summed E-state index contributed by atoms with van der Waals surface area (Å²) < 4.78 is 55.5. The van der Waals surface area contributed by atoms with Crippen molar-refractivity contribution in [1.82, 2.24) is 5.06 Å². The van der Waals surface area contributed by atoms with Crippen molar-refractivity contribution in [3.63, 3.8) is 0 Å². The number of hydrogen-bond donors (Lipinski definition) is 1.